The Bertz CT molecular complexity index is 193. The molecular formula is C10H20N2O2. The molecule has 1 fully saturated rings. The highest BCUT2D eigenvalue weighted by molar-refractivity contribution is 5.80. The first-order valence-corrected chi connectivity index (χ1v) is 5.32. The van der Waals surface area contributed by atoms with E-state index >= 15 is 0 Å². The molecule has 1 aliphatic rings. The van der Waals surface area contributed by atoms with Gasteiger partial charge in [-0.15, -0.1) is 0 Å². The highest BCUT2D eigenvalue weighted by atomic mass is 16.5. The van der Waals surface area contributed by atoms with Crippen LogP contribution in [0.2, 0.25) is 0 Å². The zero-order valence-electron chi connectivity index (χ0n) is 8.95. The highest BCUT2D eigenvalue weighted by Gasteiger charge is 2.31. The van der Waals surface area contributed by atoms with Crippen LogP contribution in [0.3, 0.4) is 0 Å². The summed E-state index contributed by atoms with van der Waals surface area (Å²) in [5.74, 6) is -0.112. The Labute approximate surface area is 85.2 Å². The van der Waals surface area contributed by atoms with Crippen molar-refractivity contribution >= 4 is 5.91 Å². The summed E-state index contributed by atoms with van der Waals surface area (Å²) in [7, 11) is 0. The van der Waals surface area contributed by atoms with E-state index in [0.717, 1.165) is 12.8 Å². The van der Waals surface area contributed by atoms with Gasteiger partial charge in [-0.1, -0.05) is 13.8 Å². The van der Waals surface area contributed by atoms with Crippen LogP contribution in [0.15, 0.2) is 0 Å². The van der Waals surface area contributed by atoms with E-state index in [0.29, 0.717) is 13.2 Å². The molecular weight excluding hydrogens is 180 g/mol. The lowest BCUT2D eigenvalue weighted by molar-refractivity contribution is -0.126. The van der Waals surface area contributed by atoms with E-state index in [1.807, 2.05) is 0 Å². The third-order valence-corrected chi connectivity index (χ3v) is 2.79. The molecule has 0 aliphatic carbocycles. The molecule has 14 heavy (non-hydrogen) atoms. The van der Waals surface area contributed by atoms with E-state index in [1.165, 1.54) is 0 Å². The fraction of sp³-hybridized carbons (Fsp3) is 0.900. The van der Waals surface area contributed by atoms with Gasteiger partial charge in [-0.05, 0) is 12.8 Å². The normalized spacial score (nSPS) is 26.9. The summed E-state index contributed by atoms with van der Waals surface area (Å²) in [4.78, 5) is 11.7. The fourth-order valence-corrected chi connectivity index (χ4v) is 1.64. The van der Waals surface area contributed by atoms with Crippen LogP contribution in [0.25, 0.3) is 0 Å². The van der Waals surface area contributed by atoms with Crippen molar-refractivity contribution in [1.82, 2.24) is 5.32 Å². The molecule has 1 saturated heterocycles. The summed E-state index contributed by atoms with van der Waals surface area (Å²) in [5, 5.41) is 2.99. The molecule has 2 unspecified atom stereocenters. The second-order valence-electron chi connectivity index (χ2n) is 3.83. The van der Waals surface area contributed by atoms with Gasteiger partial charge in [-0.2, -0.15) is 0 Å². The Morgan fingerprint density at radius 2 is 2.14 bits per heavy atom. The monoisotopic (exact) mass is 200 g/mol. The van der Waals surface area contributed by atoms with Crippen molar-refractivity contribution in [3.05, 3.63) is 0 Å². The molecule has 0 saturated carbocycles. The Hall–Kier alpha value is -0.610. The van der Waals surface area contributed by atoms with Gasteiger partial charge in [0.1, 0.15) is 0 Å². The van der Waals surface area contributed by atoms with Crippen molar-refractivity contribution < 1.29 is 9.53 Å². The summed E-state index contributed by atoms with van der Waals surface area (Å²) in [6.45, 7) is 5.10. The average Bonchev–Trinajstić information content (AvgIpc) is 2.60. The minimum Gasteiger partial charge on any atom is -0.379 e. The molecule has 1 rings (SSSR count). The maximum atomic E-state index is 11.7. The molecule has 0 spiro atoms. The number of hydrogen-bond acceptors (Lipinski definition) is 3. The number of hydrogen-bond donors (Lipinski definition) is 2. The Balaban J connectivity index is 2.40. The lowest BCUT2D eigenvalue weighted by Crippen LogP contribution is -2.44. The van der Waals surface area contributed by atoms with Crippen molar-refractivity contribution in [3.63, 3.8) is 0 Å². The smallest absolute Gasteiger partial charge is 0.227 e. The molecule has 4 heteroatoms. The van der Waals surface area contributed by atoms with Crippen LogP contribution >= 0.6 is 0 Å². The first-order chi connectivity index (χ1) is 6.69. The number of nitrogens with one attached hydrogen (secondary N) is 1. The molecule has 82 valence electrons. The first-order valence-electron chi connectivity index (χ1n) is 5.32. The summed E-state index contributed by atoms with van der Waals surface area (Å²) < 4.78 is 5.15. The van der Waals surface area contributed by atoms with Gasteiger partial charge in [-0.3, -0.25) is 4.79 Å². The molecule has 0 aromatic carbocycles. The maximum Gasteiger partial charge on any atom is 0.227 e. The Kier molecular flexibility index (Phi) is 4.35. The van der Waals surface area contributed by atoms with Crippen LogP contribution in [0, 0.1) is 5.92 Å². The van der Waals surface area contributed by atoms with Crippen LogP contribution in [-0.2, 0) is 9.53 Å². The SMILES string of the molecule is CCC(CC)NC(=O)C1COCC1N. The van der Waals surface area contributed by atoms with Gasteiger partial charge in [-0.25, -0.2) is 0 Å². The number of ether oxygens (including phenoxy) is 1. The maximum absolute atomic E-state index is 11.7. The number of nitrogens with two attached hydrogens (primary N) is 1. The van der Waals surface area contributed by atoms with Crippen molar-refractivity contribution in [2.45, 2.75) is 38.8 Å². The van der Waals surface area contributed by atoms with Crippen molar-refractivity contribution in [3.8, 4) is 0 Å². The molecule has 0 aromatic heterocycles. The molecule has 1 aliphatic heterocycles. The van der Waals surface area contributed by atoms with Gasteiger partial charge < -0.3 is 15.8 Å². The largest absolute Gasteiger partial charge is 0.379 e. The lowest BCUT2D eigenvalue weighted by atomic mass is 10.0. The standard InChI is InChI=1S/C10H20N2O2/c1-3-7(4-2)12-10(13)8-5-14-6-9(8)11/h7-9H,3-6,11H2,1-2H3,(H,12,13). The van der Waals surface area contributed by atoms with E-state index in [1.54, 1.807) is 0 Å². The van der Waals surface area contributed by atoms with Gasteiger partial charge >= 0.3 is 0 Å². The molecule has 0 aromatic rings. The van der Waals surface area contributed by atoms with Gasteiger partial charge in [0.2, 0.25) is 5.91 Å². The number of carbonyl (C=O) groups is 1. The molecule has 4 nitrogen and oxygen atoms in total. The number of carbonyl (C=O) groups excluding carboxylic acids is 1. The van der Waals surface area contributed by atoms with E-state index in [9.17, 15) is 4.79 Å². The number of amides is 1. The quantitative estimate of drug-likeness (QED) is 0.684. The summed E-state index contributed by atoms with van der Waals surface area (Å²) >= 11 is 0. The van der Waals surface area contributed by atoms with Crippen molar-refractivity contribution in [1.29, 1.82) is 0 Å². The van der Waals surface area contributed by atoms with Crippen LogP contribution in [-0.4, -0.2) is 31.2 Å². The second kappa shape index (κ2) is 5.32. The van der Waals surface area contributed by atoms with E-state index in [-0.39, 0.29) is 23.9 Å². The van der Waals surface area contributed by atoms with Crippen LogP contribution in [0.1, 0.15) is 26.7 Å². The van der Waals surface area contributed by atoms with Crippen LogP contribution in [0.5, 0.6) is 0 Å². The molecule has 3 N–H and O–H groups in total. The lowest BCUT2D eigenvalue weighted by Gasteiger charge is -2.19. The van der Waals surface area contributed by atoms with Crippen molar-refractivity contribution in [2.24, 2.45) is 11.7 Å². The second-order valence-corrected chi connectivity index (χ2v) is 3.83. The van der Waals surface area contributed by atoms with E-state index in [2.05, 4.69) is 19.2 Å². The highest BCUT2D eigenvalue weighted by Crippen LogP contribution is 2.12. The number of rotatable bonds is 4. The zero-order valence-corrected chi connectivity index (χ0v) is 8.95. The van der Waals surface area contributed by atoms with E-state index < -0.39 is 0 Å². The summed E-state index contributed by atoms with van der Waals surface area (Å²) in [6, 6.07) is 0.139. The van der Waals surface area contributed by atoms with Gasteiger partial charge in [0.25, 0.3) is 0 Å². The van der Waals surface area contributed by atoms with E-state index in [4.69, 9.17) is 10.5 Å². The van der Waals surface area contributed by atoms with Crippen LogP contribution in [0.4, 0.5) is 0 Å². The van der Waals surface area contributed by atoms with Gasteiger partial charge in [0.05, 0.1) is 19.1 Å². The molecule has 0 bridgehead atoms. The molecule has 1 heterocycles. The zero-order chi connectivity index (χ0) is 10.6. The average molecular weight is 200 g/mol. The van der Waals surface area contributed by atoms with Gasteiger partial charge in [0, 0.05) is 12.1 Å². The summed E-state index contributed by atoms with van der Waals surface area (Å²) in [5.41, 5.74) is 5.75. The molecule has 0 radical (unpaired) electrons. The van der Waals surface area contributed by atoms with Crippen LogP contribution < -0.4 is 11.1 Å². The Morgan fingerprint density at radius 1 is 1.50 bits per heavy atom. The topological polar surface area (TPSA) is 64.3 Å². The predicted molar refractivity (Wildman–Crippen MR) is 54.8 cm³/mol. The Morgan fingerprint density at radius 3 is 2.57 bits per heavy atom. The van der Waals surface area contributed by atoms with Crippen molar-refractivity contribution in [2.75, 3.05) is 13.2 Å². The minimum atomic E-state index is -0.157. The minimum absolute atomic E-state index is 0.0451. The van der Waals surface area contributed by atoms with Gasteiger partial charge in [0.15, 0.2) is 0 Å². The predicted octanol–water partition coefficient (Wildman–Crippen LogP) is 0.265. The molecule has 2 atom stereocenters. The third kappa shape index (κ3) is 2.69. The fourth-order valence-electron chi connectivity index (χ4n) is 1.64. The summed E-state index contributed by atoms with van der Waals surface area (Å²) in [6.07, 6.45) is 1.93. The third-order valence-electron chi connectivity index (χ3n) is 2.79. The molecule has 1 amide bonds. The first kappa shape index (κ1) is 11.5.